The number of para-hydroxylation sites is 2. The lowest BCUT2D eigenvalue weighted by molar-refractivity contribution is -0.116. The number of hydrogen-bond acceptors (Lipinski definition) is 2. The fourth-order valence-corrected chi connectivity index (χ4v) is 2.49. The minimum absolute atomic E-state index is 0.0116. The molecule has 2 aromatic carbocycles. The topological polar surface area (TPSA) is 38.3 Å². The van der Waals surface area contributed by atoms with Gasteiger partial charge >= 0.3 is 0 Å². The monoisotopic (exact) mass is 311 g/mol. The van der Waals surface area contributed by atoms with Crippen molar-refractivity contribution in [2.45, 2.75) is 40.0 Å². The van der Waals surface area contributed by atoms with Crippen LogP contribution in [-0.2, 0) is 11.2 Å². The molecule has 3 nitrogen and oxygen atoms in total. The summed E-state index contributed by atoms with van der Waals surface area (Å²) in [6.07, 6.45) is 2.15. The second kappa shape index (κ2) is 8.37. The first-order chi connectivity index (χ1) is 11.1. The summed E-state index contributed by atoms with van der Waals surface area (Å²) in [5.41, 5.74) is 4.45. The molecule has 0 aliphatic carbocycles. The van der Waals surface area contributed by atoms with Crippen molar-refractivity contribution in [2.24, 2.45) is 0 Å². The van der Waals surface area contributed by atoms with E-state index < -0.39 is 0 Å². The molecule has 0 fully saturated rings. The van der Waals surface area contributed by atoms with Gasteiger partial charge < -0.3 is 10.1 Å². The number of amides is 1. The third-order valence-electron chi connectivity index (χ3n) is 3.74. The third-order valence-corrected chi connectivity index (χ3v) is 3.74. The Balaban J connectivity index is 1.94. The predicted molar refractivity (Wildman–Crippen MR) is 95.1 cm³/mol. The molecule has 1 N–H and O–H groups in total. The molecule has 0 spiro atoms. The number of carbonyl (C=O) groups excluding carboxylic acids is 1. The lowest BCUT2D eigenvalue weighted by atomic mass is 10.0. The average Bonchev–Trinajstić information content (AvgIpc) is 2.53. The van der Waals surface area contributed by atoms with E-state index >= 15 is 0 Å². The molecule has 0 aliphatic heterocycles. The first-order valence-electron chi connectivity index (χ1n) is 8.18. The first kappa shape index (κ1) is 17.1. The molecule has 2 rings (SSSR count). The third kappa shape index (κ3) is 5.13. The van der Waals surface area contributed by atoms with Crippen molar-refractivity contribution >= 4 is 11.6 Å². The van der Waals surface area contributed by atoms with E-state index in [9.17, 15) is 4.79 Å². The molecule has 122 valence electrons. The van der Waals surface area contributed by atoms with E-state index in [2.05, 4.69) is 44.3 Å². The van der Waals surface area contributed by atoms with Gasteiger partial charge in [0.1, 0.15) is 5.75 Å². The van der Waals surface area contributed by atoms with Gasteiger partial charge in [0.25, 0.3) is 0 Å². The molecule has 0 unspecified atom stereocenters. The van der Waals surface area contributed by atoms with Crippen LogP contribution in [0.3, 0.4) is 0 Å². The molecule has 3 heteroatoms. The van der Waals surface area contributed by atoms with Gasteiger partial charge in [0.05, 0.1) is 12.3 Å². The predicted octanol–water partition coefficient (Wildman–Crippen LogP) is 4.66. The van der Waals surface area contributed by atoms with Crippen molar-refractivity contribution in [2.75, 3.05) is 11.9 Å². The van der Waals surface area contributed by atoms with Crippen LogP contribution in [-0.4, -0.2) is 12.5 Å². The zero-order valence-corrected chi connectivity index (χ0v) is 14.2. The summed E-state index contributed by atoms with van der Waals surface area (Å²) in [7, 11) is 0. The number of ether oxygens (including phenoxy) is 1. The highest BCUT2D eigenvalue weighted by Crippen LogP contribution is 2.24. The van der Waals surface area contributed by atoms with Gasteiger partial charge in [-0.3, -0.25) is 4.79 Å². The van der Waals surface area contributed by atoms with E-state index in [-0.39, 0.29) is 5.91 Å². The summed E-state index contributed by atoms with van der Waals surface area (Å²) in [5, 5.41) is 2.96. The smallest absolute Gasteiger partial charge is 0.224 e. The Labute approximate surface area is 138 Å². The van der Waals surface area contributed by atoms with E-state index in [1.807, 2.05) is 24.3 Å². The first-order valence-corrected chi connectivity index (χ1v) is 8.18. The number of hydrogen-bond donors (Lipinski definition) is 1. The van der Waals surface area contributed by atoms with Crippen LogP contribution in [0.2, 0.25) is 0 Å². The lowest BCUT2D eigenvalue weighted by Gasteiger charge is -2.12. The number of nitrogens with one attached hydrogen (secondary N) is 1. The molecule has 0 atom stereocenters. The van der Waals surface area contributed by atoms with Crippen LogP contribution in [0.1, 0.15) is 36.5 Å². The summed E-state index contributed by atoms with van der Waals surface area (Å²) >= 11 is 0. The Hall–Kier alpha value is -2.29. The molecule has 0 saturated carbocycles. The zero-order chi connectivity index (χ0) is 16.7. The Bertz CT molecular complexity index is 664. The highest BCUT2D eigenvalue weighted by atomic mass is 16.5. The van der Waals surface area contributed by atoms with Crippen molar-refractivity contribution in [1.82, 2.24) is 0 Å². The van der Waals surface area contributed by atoms with Crippen molar-refractivity contribution < 1.29 is 9.53 Å². The van der Waals surface area contributed by atoms with Gasteiger partial charge in [-0.15, -0.1) is 0 Å². The van der Waals surface area contributed by atoms with Gasteiger partial charge in [-0.2, -0.15) is 0 Å². The molecule has 2 aromatic rings. The molecule has 0 heterocycles. The van der Waals surface area contributed by atoms with Crippen LogP contribution < -0.4 is 10.1 Å². The van der Waals surface area contributed by atoms with Gasteiger partial charge in [0.15, 0.2) is 0 Å². The quantitative estimate of drug-likeness (QED) is 0.807. The number of carbonyl (C=O) groups is 1. The van der Waals surface area contributed by atoms with Crippen LogP contribution >= 0.6 is 0 Å². The highest BCUT2D eigenvalue weighted by molar-refractivity contribution is 5.92. The molecule has 0 bridgehead atoms. The van der Waals surface area contributed by atoms with E-state index in [1.54, 1.807) is 0 Å². The SMILES string of the molecule is CCCOc1ccccc1NC(=O)CCc1ccc(C)cc1C. The van der Waals surface area contributed by atoms with Crippen LogP contribution in [0.5, 0.6) is 5.75 Å². The van der Waals surface area contributed by atoms with Crippen LogP contribution in [0, 0.1) is 13.8 Å². The maximum absolute atomic E-state index is 12.2. The van der Waals surface area contributed by atoms with Gasteiger partial charge in [0.2, 0.25) is 5.91 Å². The van der Waals surface area contributed by atoms with E-state index in [0.29, 0.717) is 13.0 Å². The second-order valence-electron chi connectivity index (χ2n) is 5.82. The Kier molecular flexibility index (Phi) is 6.21. The van der Waals surface area contributed by atoms with Crippen molar-refractivity contribution in [3.8, 4) is 5.75 Å². The fraction of sp³-hybridized carbons (Fsp3) is 0.350. The van der Waals surface area contributed by atoms with Crippen LogP contribution in [0.25, 0.3) is 0 Å². The van der Waals surface area contributed by atoms with Gasteiger partial charge in [-0.1, -0.05) is 42.8 Å². The van der Waals surface area contributed by atoms with E-state index in [0.717, 1.165) is 24.3 Å². The summed E-state index contributed by atoms with van der Waals surface area (Å²) in [6.45, 7) is 6.88. The maximum Gasteiger partial charge on any atom is 0.224 e. The summed E-state index contributed by atoms with van der Waals surface area (Å²) in [4.78, 5) is 12.2. The maximum atomic E-state index is 12.2. The molecule has 23 heavy (non-hydrogen) atoms. The molecular weight excluding hydrogens is 286 g/mol. The van der Waals surface area contributed by atoms with Gasteiger partial charge in [-0.25, -0.2) is 0 Å². The molecular formula is C20H25NO2. The standard InChI is InChI=1S/C20H25NO2/c1-4-13-23-19-8-6-5-7-18(19)21-20(22)12-11-17-10-9-15(2)14-16(17)3/h5-10,14H,4,11-13H2,1-3H3,(H,21,22). The molecule has 0 saturated heterocycles. The summed E-state index contributed by atoms with van der Waals surface area (Å²) in [6, 6.07) is 13.9. The van der Waals surface area contributed by atoms with Crippen LogP contribution in [0.15, 0.2) is 42.5 Å². The number of aryl methyl sites for hydroxylation is 3. The molecule has 0 aromatic heterocycles. The lowest BCUT2D eigenvalue weighted by Crippen LogP contribution is -2.13. The summed E-state index contributed by atoms with van der Waals surface area (Å²) in [5.74, 6) is 0.742. The minimum atomic E-state index is 0.0116. The van der Waals surface area contributed by atoms with E-state index in [4.69, 9.17) is 4.74 Å². The average molecular weight is 311 g/mol. The fourth-order valence-electron chi connectivity index (χ4n) is 2.49. The number of anilines is 1. The van der Waals surface area contributed by atoms with Crippen molar-refractivity contribution in [3.05, 3.63) is 59.2 Å². The normalized spacial score (nSPS) is 10.4. The van der Waals surface area contributed by atoms with Gasteiger partial charge in [-0.05, 0) is 49.9 Å². The van der Waals surface area contributed by atoms with E-state index in [1.165, 1.54) is 16.7 Å². The minimum Gasteiger partial charge on any atom is -0.491 e. The second-order valence-corrected chi connectivity index (χ2v) is 5.82. The Morgan fingerprint density at radius 3 is 2.65 bits per heavy atom. The Morgan fingerprint density at radius 2 is 1.91 bits per heavy atom. The number of rotatable bonds is 7. The van der Waals surface area contributed by atoms with Gasteiger partial charge in [0, 0.05) is 6.42 Å². The largest absolute Gasteiger partial charge is 0.491 e. The zero-order valence-electron chi connectivity index (χ0n) is 14.2. The summed E-state index contributed by atoms with van der Waals surface area (Å²) < 4.78 is 5.67. The van der Waals surface area contributed by atoms with Crippen molar-refractivity contribution in [1.29, 1.82) is 0 Å². The number of benzene rings is 2. The molecule has 0 aliphatic rings. The van der Waals surface area contributed by atoms with Crippen LogP contribution in [0.4, 0.5) is 5.69 Å². The molecule has 0 radical (unpaired) electrons. The highest BCUT2D eigenvalue weighted by Gasteiger charge is 2.08. The Morgan fingerprint density at radius 1 is 1.13 bits per heavy atom. The van der Waals surface area contributed by atoms with Crippen molar-refractivity contribution in [3.63, 3.8) is 0 Å². The molecule has 1 amide bonds.